The molecule has 0 fully saturated rings. The van der Waals surface area contributed by atoms with Crippen LogP contribution in [-0.2, 0) is 0 Å². The fourth-order valence-corrected chi connectivity index (χ4v) is 2.06. The maximum Gasteiger partial charge on any atom is 0.0417 e. The van der Waals surface area contributed by atoms with Gasteiger partial charge in [0, 0.05) is 21.4 Å². The van der Waals surface area contributed by atoms with Gasteiger partial charge in [0.25, 0.3) is 0 Å². The third kappa shape index (κ3) is 4.65. The minimum atomic E-state index is 0.795. The summed E-state index contributed by atoms with van der Waals surface area (Å²) >= 11 is 11.7. The average Bonchev–Trinajstić information content (AvgIpc) is 2.13. The zero-order valence-electron chi connectivity index (χ0n) is 7.11. The predicted molar refractivity (Wildman–Crippen MR) is 65.2 cm³/mol. The first-order valence-corrected chi connectivity index (χ1v) is 5.97. The minimum Gasteiger partial charge on any atom is -0.175 e. The van der Waals surface area contributed by atoms with Gasteiger partial charge in [-0.2, -0.15) is 12.6 Å². The molecule has 0 radical (unpaired) electrons. The van der Waals surface area contributed by atoms with Gasteiger partial charge in [-0.25, -0.2) is 0 Å². The van der Waals surface area contributed by atoms with Crippen LogP contribution in [0.4, 0.5) is 0 Å². The van der Waals surface area contributed by atoms with Gasteiger partial charge in [-0.1, -0.05) is 29.8 Å². The third-order valence-electron chi connectivity index (χ3n) is 1.41. The summed E-state index contributed by atoms with van der Waals surface area (Å²) < 4.78 is 0. The lowest BCUT2D eigenvalue weighted by molar-refractivity contribution is 1.46. The van der Waals surface area contributed by atoms with E-state index in [9.17, 15) is 0 Å². The molecule has 0 unspecified atom stereocenters. The van der Waals surface area contributed by atoms with E-state index in [1.165, 1.54) is 4.90 Å². The van der Waals surface area contributed by atoms with Crippen LogP contribution in [-0.4, -0.2) is 11.5 Å². The Morgan fingerprint density at radius 1 is 1.38 bits per heavy atom. The van der Waals surface area contributed by atoms with E-state index in [1.54, 1.807) is 11.8 Å². The average molecular weight is 231 g/mol. The molecule has 0 amide bonds. The zero-order valence-corrected chi connectivity index (χ0v) is 9.58. The Morgan fingerprint density at radius 3 is 2.92 bits per heavy atom. The number of halogens is 1. The van der Waals surface area contributed by atoms with E-state index in [4.69, 9.17) is 11.6 Å². The standard InChI is InChI=1S/C10H11ClS2/c11-9-4-3-5-10(8-9)13-7-2-1-6-12/h1-5,8,12H,6-7H2. The van der Waals surface area contributed by atoms with Crippen LogP contribution in [0.3, 0.4) is 0 Å². The Bertz CT molecular complexity index is 284. The van der Waals surface area contributed by atoms with Crippen molar-refractivity contribution in [1.29, 1.82) is 0 Å². The lowest BCUT2D eigenvalue weighted by Crippen LogP contribution is -1.74. The van der Waals surface area contributed by atoms with Crippen LogP contribution in [0.1, 0.15) is 0 Å². The highest BCUT2D eigenvalue weighted by Gasteiger charge is 1.92. The Kier molecular flexibility index (Phi) is 5.44. The highest BCUT2D eigenvalue weighted by molar-refractivity contribution is 7.99. The van der Waals surface area contributed by atoms with Crippen molar-refractivity contribution in [3.8, 4) is 0 Å². The Labute approximate surface area is 93.8 Å². The van der Waals surface area contributed by atoms with Crippen molar-refractivity contribution in [3.05, 3.63) is 41.4 Å². The van der Waals surface area contributed by atoms with Crippen LogP contribution in [0.15, 0.2) is 41.3 Å². The van der Waals surface area contributed by atoms with Gasteiger partial charge in [-0.15, -0.1) is 11.8 Å². The Morgan fingerprint density at radius 2 is 2.23 bits per heavy atom. The molecule has 1 aromatic rings. The van der Waals surface area contributed by atoms with Gasteiger partial charge in [0.2, 0.25) is 0 Å². The molecule has 13 heavy (non-hydrogen) atoms. The largest absolute Gasteiger partial charge is 0.175 e. The van der Waals surface area contributed by atoms with Gasteiger partial charge >= 0.3 is 0 Å². The fourth-order valence-electron chi connectivity index (χ4n) is 0.844. The van der Waals surface area contributed by atoms with Crippen molar-refractivity contribution in [2.75, 3.05) is 11.5 Å². The predicted octanol–water partition coefficient (Wildman–Crippen LogP) is 3.92. The number of thiol groups is 1. The van der Waals surface area contributed by atoms with Crippen molar-refractivity contribution in [3.63, 3.8) is 0 Å². The van der Waals surface area contributed by atoms with Crippen LogP contribution < -0.4 is 0 Å². The first kappa shape index (κ1) is 11.0. The van der Waals surface area contributed by atoms with Crippen molar-refractivity contribution in [2.24, 2.45) is 0 Å². The quantitative estimate of drug-likeness (QED) is 0.465. The van der Waals surface area contributed by atoms with Crippen molar-refractivity contribution < 1.29 is 0 Å². The molecule has 1 rings (SSSR count). The maximum atomic E-state index is 5.84. The second-order valence-electron chi connectivity index (χ2n) is 2.42. The molecule has 0 aromatic heterocycles. The molecule has 0 heterocycles. The van der Waals surface area contributed by atoms with E-state index < -0.39 is 0 Å². The summed E-state index contributed by atoms with van der Waals surface area (Å²) in [4.78, 5) is 1.20. The second kappa shape index (κ2) is 6.41. The van der Waals surface area contributed by atoms with Gasteiger partial charge in [0.05, 0.1) is 0 Å². The lowest BCUT2D eigenvalue weighted by atomic mass is 10.4. The summed E-state index contributed by atoms with van der Waals surface area (Å²) in [6.07, 6.45) is 4.15. The maximum absolute atomic E-state index is 5.84. The van der Waals surface area contributed by atoms with Crippen molar-refractivity contribution >= 4 is 36.0 Å². The second-order valence-corrected chi connectivity index (χ2v) is 4.32. The summed E-state index contributed by atoms with van der Waals surface area (Å²) in [7, 11) is 0. The van der Waals surface area contributed by atoms with Crippen LogP contribution in [0.25, 0.3) is 0 Å². The molecule has 0 bridgehead atoms. The number of hydrogen-bond donors (Lipinski definition) is 1. The number of hydrogen-bond acceptors (Lipinski definition) is 2. The van der Waals surface area contributed by atoms with E-state index in [2.05, 4.69) is 24.8 Å². The lowest BCUT2D eigenvalue weighted by Gasteiger charge is -1.97. The molecule has 0 aliphatic rings. The number of rotatable bonds is 4. The number of benzene rings is 1. The smallest absolute Gasteiger partial charge is 0.0417 e. The molecule has 0 N–H and O–H groups in total. The number of thioether (sulfide) groups is 1. The van der Waals surface area contributed by atoms with Crippen LogP contribution in [0, 0.1) is 0 Å². The summed E-state index contributed by atoms with van der Waals surface area (Å²) in [5, 5.41) is 0.795. The van der Waals surface area contributed by atoms with E-state index in [1.807, 2.05) is 24.3 Å². The SMILES string of the molecule is SCC=CCSc1cccc(Cl)c1. The Balaban J connectivity index is 2.41. The van der Waals surface area contributed by atoms with E-state index in [0.717, 1.165) is 16.5 Å². The highest BCUT2D eigenvalue weighted by Crippen LogP contribution is 2.21. The zero-order chi connectivity index (χ0) is 9.52. The normalized spacial score (nSPS) is 10.9. The van der Waals surface area contributed by atoms with Crippen LogP contribution in [0.2, 0.25) is 5.02 Å². The molecule has 0 saturated carbocycles. The molecule has 0 aliphatic carbocycles. The molecule has 0 nitrogen and oxygen atoms in total. The summed E-state index contributed by atoms with van der Waals surface area (Å²) in [5.41, 5.74) is 0. The van der Waals surface area contributed by atoms with Gasteiger partial charge in [-0.05, 0) is 18.2 Å². The van der Waals surface area contributed by atoms with Crippen LogP contribution in [0.5, 0.6) is 0 Å². The molecule has 0 aliphatic heterocycles. The molecule has 1 aromatic carbocycles. The molecule has 70 valence electrons. The van der Waals surface area contributed by atoms with Crippen molar-refractivity contribution in [2.45, 2.75) is 4.90 Å². The van der Waals surface area contributed by atoms with Crippen LogP contribution >= 0.6 is 36.0 Å². The van der Waals surface area contributed by atoms with E-state index >= 15 is 0 Å². The van der Waals surface area contributed by atoms with Crippen molar-refractivity contribution in [1.82, 2.24) is 0 Å². The van der Waals surface area contributed by atoms with Gasteiger partial charge in [-0.3, -0.25) is 0 Å². The molecule has 0 atom stereocenters. The van der Waals surface area contributed by atoms with Gasteiger partial charge < -0.3 is 0 Å². The highest BCUT2D eigenvalue weighted by atomic mass is 35.5. The molecule has 0 saturated heterocycles. The van der Waals surface area contributed by atoms with Gasteiger partial charge in [0.1, 0.15) is 0 Å². The third-order valence-corrected chi connectivity index (χ3v) is 2.81. The monoisotopic (exact) mass is 230 g/mol. The van der Waals surface area contributed by atoms with E-state index in [-0.39, 0.29) is 0 Å². The van der Waals surface area contributed by atoms with Gasteiger partial charge in [0.15, 0.2) is 0 Å². The summed E-state index contributed by atoms with van der Waals surface area (Å²) in [6, 6.07) is 7.88. The van der Waals surface area contributed by atoms with E-state index in [0.29, 0.717) is 0 Å². The first-order chi connectivity index (χ1) is 6.33. The molecule has 0 spiro atoms. The summed E-state index contributed by atoms with van der Waals surface area (Å²) in [6.45, 7) is 0. The topological polar surface area (TPSA) is 0 Å². The Hall–Kier alpha value is -0.0500. The fraction of sp³-hybridized carbons (Fsp3) is 0.200. The minimum absolute atomic E-state index is 0.795. The molecular weight excluding hydrogens is 220 g/mol. The summed E-state index contributed by atoms with van der Waals surface area (Å²) in [5.74, 6) is 1.77. The first-order valence-electron chi connectivity index (χ1n) is 3.97. The molecule has 3 heteroatoms. The molecular formula is C10H11ClS2.